The molecule has 3 rings (SSSR count). The first-order valence-electron chi connectivity index (χ1n) is 7.10. The highest BCUT2D eigenvalue weighted by atomic mass is 19.4. The van der Waals surface area contributed by atoms with E-state index in [0.717, 1.165) is 6.07 Å². The number of nitrogens with one attached hydrogen (secondary N) is 1. The lowest BCUT2D eigenvalue weighted by Crippen LogP contribution is -2.17. The van der Waals surface area contributed by atoms with E-state index >= 15 is 0 Å². The number of benzene rings is 2. The number of halogens is 3. The Morgan fingerprint density at radius 1 is 1.04 bits per heavy atom. The molecular weight excluding hydrogens is 339 g/mol. The highest BCUT2D eigenvalue weighted by Crippen LogP contribution is 2.29. The molecule has 0 atom stereocenters. The second-order valence-electron chi connectivity index (χ2n) is 5.03. The SMILES string of the molecule is Cc1n[nH]c(=O)n1-c1ccc(Oc2cccc(OC(F)(F)F)c2)cc1. The first-order chi connectivity index (χ1) is 11.8. The standard InChI is InChI=1S/C16H12F3N3O3/c1-10-20-21-15(23)22(10)11-5-7-12(8-6-11)24-13-3-2-4-14(9-13)25-16(17,18)19/h2-9H,1H3,(H,21,23). The zero-order valence-electron chi connectivity index (χ0n) is 12.9. The molecule has 0 saturated carbocycles. The number of aromatic nitrogens is 3. The van der Waals surface area contributed by atoms with Gasteiger partial charge in [0.15, 0.2) is 0 Å². The first-order valence-corrected chi connectivity index (χ1v) is 7.10. The summed E-state index contributed by atoms with van der Waals surface area (Å²) in [4.78, 5) is 11.7. The summed E-state index contributed by atoms with van der Waals surface area (Å²) in [6.07, 6.45) is -4.77. The Kier molecular flexibility index (Phi) is 4.22. The number of alkyl halides is 3. The van der Waals surface area contributed by atoms with Gasteiger partial charge in [0.2, 0.25) is 0 Å². The largest absolute Gasteiger partial charge is 0.573 e. The van der Waals surface area contributed by atoms with Gasteiger partial charge in [-0.05, 0) is 43.3 Å². The van der Waals surface area contributed by atoms with Gasteiger partial charge in [0.1, 0.15) is 23.1 Å². The van der Waals surface area contributed by atoms with Crippen LogP contribution >= 0.6 is 0 Å². The Hall–Kier alpha value is -3.23. The van der Waals surface area contributed by atoms with Gasteiger partial charge in [0.25, 0.3) is 0 Å². The van der Waals surface area contributed by atoms with Crippen molar-refractivity contribution in [3.8, 4) is 22.9 Å². The first kappa shape index (κ1) is 16.6. The predicted octanol–water partition coefficient (Wildman–Crippen LogP) is 3.56. The molecule has 1 heterocycles. The van der Waals surface area contributed by atoms with Crippen LogP contribution in [0.3, 0.4) is 0 Å². The molecule has 3 aromatic rings. The maximum absolute atomic E-state index is 12.2. The lowest BCUT2D eigenvalue weighted by atomic mass is 10.3. The molecule has 130 valence electrons. The summed E-state index contributed by atoms with van der Waals surface area (Å²) < 4.78 is 47.5. The molecule has 0 aliphatic heterocycles. The highest BCUT2D eigenvalue weighted by molar-refractivity contribution is 5.41. The van der Waals surface area contributed by atoms with Crippen LogP contribution in [0.1, 0.15) is 5.82 Å². The van der Waals surface area contributed by atoms with Crippen LogP contribution in [0, 0.1) is 6.92 Å². The Bertz CT molecular complexity index is 930. The van der Waals surface area contributed by atoms with Crippen LogP contribution in [0.2, 0.25) is 0 Å². The molecule has 0 fully saturated rings. The van der Waals surface area contributed by atoms with Crippen LogP contribution in [0.5, 0.6) is 17.2 Å². The fourth-order valence-electron chi connectivity index (χ4n) is 2.21. The third-order valence-corrected chi connectivity index (χ3v) is 3.21. The monoisotopic (exact) mass is 351 g/mol. The van der Waals surface area contributed by atoms with Gasteiger partial charge >= 0.3 is 12.1 Å². The third-order valence-electron chi connectivity index (χ3n) is 3.21. The van der Waals surface area contributed by atoms with E-state index in [4.69, 9.17) is 4.74 Å². The lowest BCUT2D eigenvalue weighted by molar-refractivity contribution is -0.274. The second kappa shape index (κ2) is 6.34. The molecule has 6 nitrogen and oxygen atoms in total. The van der Waals surface area contributed by atoms with Crippen molar-refractivity contribution >= 4 is 0 Å². The van der Waals surface area contributed by atoms with Crippen molar-refractivity contribution < 1.29 is 22.6 Å². The molecule has 0 spiro atoms. The number of nitrogens with zero attached hydrogens (tertiary/aromatic N) is 2. The molecule has 9 heteroatoms. The highest BCUT2D eigenvalue weighted by Gasteiger charge is 2.31. The number of H-pyrrole nitrogens is 1. The normalized spacial score (nSPS) is 11.4. The molecule has 1 N–H and O–H groups in total. The minimum absolute atomic E-state index is 0.186. The second-order valence-corrected chi connectivity index (χ2v) is 5.03. The zero-order chi connectivity index (χ0) is 18.0. The Labute approximate surface area is 139 Å². The molecular formula is C16H12F3N3O3. The molecule has 0 unspecified atom stereocenters. The summed E-state index contributed by atoms with van der Waals surface area (Å²) in [5.74, 6) is 0.700. The van der Waals surface area contributed by atoms with E-state index in [-0.39, 0.29) is 17.2 Å². The van der Waals surface area contributed by atoms with Crippen LogP contribution in [0.25, 0.3) is 5.69 Å². The van der Waals surface area contributed by atoms with Crippen molar-refractivity contribution in [2.75, 3.05) is 0 Å². The van der Waals surface area contributed by atoms with Crippen LogP contribution in [0.15, 0.2) is 53.3 Å². The van der Waals surface area contributed by atoms with E-state index in [0.29, 0.717) is 17.3 Å². The molecule has 25 heavy (non-hydrogen) atoms. The minimum atomic E-state index is -4.77. The maximum Gasteiger partial charge on any atom is 0.573 e. The van der Waals surface area contributed by atoms with Crippen LogP contribution < -0.4 is 15.2 Å². The van der Waals surface area contributed by atoms with E-state index in [1.165, 1.54) is 22.8 Å². The van der Waals surface area contributed by atoms with E-state index in [2.05, 4.69) is 14.9 Å². The van der Waals surface area contributed by atoms with Crippen molar-refractivity contribution in [3.05, 3.63) is 64.8 Å². The van der Waals surface area contributed by atoms with Crippen LogP contribution in [-0.4, -0.2) is 21.1 Å². The van der Waals surface area contributed by atoms with Gasteiger partial charge in [-0.25, -0.2) is 14.5 Å². The molecule has 1 aromatic heterocycles. The number of aromatic amines is 1. The maximum atomic E-state index is 12.2. The van der Waals surface area contributed by atoms with Gasteiger partial charge in [-0.1, -0.05) is 6.07 Å². The molecule has 0 saturated heterocycles. The molecule has 2 aromatic carbocycles. The summed E-state index contributed by atoms with van der Waals surface area (Å²) in [5.41, 5.74) is 0.209. The third kappa shape index (κ3) is 4.00. The zero-order valence-corrected chi connectivity index (χ0v) is 12.9. The van der Waals surface area contributed by atoms with Crippen molar-refractivity contribution in [1.29, 1.82) is 0 Å². The van der Waals surface area contributed by atoms with E-state index in [1.807, 2.05) is 0 Å². The molecule has 0 amide bonds. The van der Waals surface area contributed by atoms with Gasteiger partial charge in [0.05, 0.1) is 5.69 Å². The van der Waals surface area contributed by atoms with Gasteiger partial charge in [-0.15, -0.1) is 13.2 Å². The van der Waals surface area contributed by atoms with Gasteiger partial charge < -0.3 is 9.47 Å². The van der Waals surface area contributed by atoms with Crippen molar-refractivity contribution in [3.63, 3.8) is 0 Å². The number of hydrogen-bond donors (Lipinski definition) is 1. The quantitative estimate of drug-likeness (QED) is 0.780. The number of hydrogen-bond acceptors (Lipinski definition) is 4. The predicted molar refractivity (Wildman–Crippen MR) is 82.1 cm³/mol. The Balaban J connectivity index is 1.78. The summed E-state index contributed by atoms with van der Waals surface area (Å²) >= 11 is 0. The van der Waals surface area contributed by atoms with Crippen molar-refractivity contribution in [2.45, 2.75) is 13.3 Å². The van der Waals surface area contributed by atoms with Gasteiger partial charge in [0, 0.05) is 6.07 Å². The average Bonchev–Trinajstić information content (AvgIpc) is 2.86. The van der Waals surface area contributed by atoms with Crippen molar-refractivity contribution in [1.82, 2.24) is 14.8 Å². The number of aryl methyl sites for hydroxylation is 1. The Morgan fingerprint density at radius 3 is 2.32 bits per heavy atom. The number of ether oxygens (including phenoxy) is 2. The summed E-state index contributed by atoms with van der Waals surface area (Å²) in [5, 5.41) is 6.15. The van der Waals surface area contributed by atoms with E-state index < -0.39 is 6.36 Å². The minimum Gasteiger partial charge on any atom is -0.457 e. The summed E-state index contributed by atoms with van der Waals surface area (Å²) in [7, 11) is 0. The van der Waals surface area contributed by atoms with E-state index in [9.17, 15) is 18.0 Å². The topological polar surface area (TPSA) is 69.1 Å². The molecule has 0 aliphatic rings. The van der Waals surface area contributed by atoms with Crippen molar-refractivity contribution in [2.24, 2.45) is 0 Å². The lowest BCUT2D eigenvalue weighted by Gasteiger charge is -2.11. The summed E-state index contributed by atoms with van der Waals surface area (Å²) in [6.45, 7) is 1.68. The van der Waals surface area contributed by atoms with E-state index in [1.54, 1.807) is 31.2 Å². The molecule has 0 radical (unpaired) electrons. The average molecular weight is 351 g/mol. The number of rotatable bonds is 4. The smallest absolute Gasteiger partial charge is 0.457 e. The van der Waals surface area contributed by atoms with Crippen LogP contribution in [-0.2, 0) is 0 Å². The molecule has 0 aliphatic carbocycles. The van der Waals surface area contributed by atoms with Gasteiger partial charge in [-0.2, -0.15) is 5.10 Å². The van der Waals surface area contributed by atoms with Gasteiger partial charge in [-0.3, -0.25) is 0 Å². The van der Waals surface area contributed by atoms with Crippen LogP contribution in [0.4, 0.5) is 13.2 Å². The molecule has 0 bridgehead atoms. The fraction of sp³-hybridized carbons (Fsp3) is 0.125. The fourth-order valence-corrected chi connectivity index (χ4v) is 2.21. The Morgan fingerprint density at radius 2 is 1.72 bits per heavy atom. The summed E-state index contributed by atoms with van der Waals surface area (Å²) in [6, 6.07) is 11.6.